The van der Waals surface area contributed by atoms with E-state index in [4.69, 9.17) is 14.0 Å². The van der Waals surface area contributed by atoms with Gasteiger partial charge in [-0.2, -0.15) is 0 Å². The van der Waals surface area contributed by atoms with Crippen molar-refractivity contribution in [2.75, 3.05) is 38.2 Å². The van der Waals surface area contributed by atoms with Crippen molar-refractivity contribution >= 4 is 11.6 Å². The van der Waals surface area contributed by atoms with Crippen molar-refractivity contribution in [1.82, 2.24) is 10.1 Å². The van der Waals surface area contributed by atoms with Crippen molar-refractivity contribution in [3.05, 3.63) is 70.1 Å². The summed E-state index contributed by atoms with van der Waals surface area (Å²) in [5.74, 6) is 1.85. The number of nitrogens with zero attached hydrogens (tertiary/aromatic N) is 3. The summed E-state index contributed by atoms with van der Waals surface area (Å²) in [6.07, 6.45) is 0. The summed E-state index contributed by atoms with van der Waals surface area (Å²) in [6.45, 7) is 11.3. The summed E-state index contributed by atoms with van der Waals surface area (Å²) in [4.78, 5) is 17.4. The van der Waals surface area contributed by atoms with Crippen LogP contribution in [0.1, 0.15) is 38.5 Å². The van der Waals surface area contributed by atoms with Crippen molar-refractivity contribution in [1.29, 1.82) is 0 Å². The zero-order chi connectivity index (χ0) is 23.5. The third-order valence-electron chi connectivity index (χ3n) is 6.45. The first-order chi connectivity index (χ1) is 15.9. The molecule has 0 saturated carbocycles. The van der Waals surface area contributed by atoms with E-state index in [1.54, 1.807) is 25.3 Å². The SMILES string of the molecule is COc1cc(C(=O)N2CCN(c3cccc(C)c3C)CC2)ccc1OCc1c(C)noc1C. The van der Waals surface area contributed by atoms with E-state index in [-0.39, 0.29) is 5.91 Å². The normalized spacial score (nSPS) is 13.8. The summed E-state index contributed by atoms with van der Waals surface area (Å²) in [7, 11) is 1.58. The minimum absolute atomic E-state index is 0.00573. The first kappa shape index (κ1) is 22.7. The lowest BCUT2D eigenvalue weighted by atomic mass is 10.1. The Kier molecular flexibility index (Phi) is 6.58. The lowest BCUT2D eigenvalue weighted by Crippen LogP contribution is -2.49. The zero-order valence-corrected chi connectivity index (χ0v) is 20.0. The Morgan fingerprint density at radius 2 is 1.79 bits per heavy atom. The number of ether oxygens (including phenoxy) is 2. The molecule has 2 aromatic carbocycles. The Morgan fingerprint density at radius 1 is 1.03 bits per heavy atom. The average Bonchev–Trinajstić information content (AvgIpc) is 3.16. The maximum Gasteiger partial charge on any atom is 0.254 e. The van der Waals surface area contributed by atoms with Gasteiger partial charge in [0.05, 0.1) is 18.4 Å². The highest BCUT2D eigenvalue weighted by Gasteiger charge is 2.24. The summed E-state index contributed by atoms with van der Waals surface area (Å²) < 4.78 is 16.6. The fourth-order valence-electron chi connectivity index (χ4n) is 4.19. The molecule has 1 aliphatic heterocycles. The number of carbonyl (C=O) groups is 1. The summed E-state index contributed by atoms with van der Waals surface area (Å²) in [6, 6.07) is 11.7. The van der Waals surface area contributed by atoms with Crippen LogP contribution in [0.3, 0.4) is 0 Å². The van der Waals surface area contributed by atoms with Gasteiger partial charge in [0.15, 0.2) is 11.5 Å². The molecule has 7 nitrogen and oxygen atoms in total. The highest BCUT2D eigenvalue weighted by atomic mass is 16.5. The summed E-state index contributed by atoms with van der Waals surface area (Å²) >= 11 is 0. The van der Waals surface area contributed by atoms with Gasteiger partial charge >= 0.3 is 0 Å². The van der Waals surface area contributed by atoms with Crippen molar-refractivity contribution < 1.29 is 18.8 Å². The van der Waals surface area contributed by atoms with Gasteiger partial charge in [-0.05, 0) is 63.1 Å². The van der Waals surface area contributed by atoms with Gasteiger partial charge < -0.3 is 23.8 Å². The van der Waals surface area contributed by atoms with Crippen LogP contribution in [0, 0.1) is 27.7 Å². The van der Waals surface area contributed by atoms with Crippen molar-refractivity contribution in [3.8, 4) is 11.5 Å². The predicted octanol–water partition coefficient (Wildman–Crippen LogP) is 4.46. The molecule has 0 unspecified atom stereocenters. The molecule has 1 fully saturated rings. The van der Waals surface area contributed by atoms with E-state index >= 15 is 0 Å². The van der Waals surface area contributed by atoms with Crippen LogP contribution in [0.15, 0.2) is 40.9 Å². The smallest absolute Gasteiger partial charge is 0.254 e. The molecule has 0 radical (unpaired) electrons. The van der Waals surface area contributed by atoms with E-state index in [2.05, 4.69) is 42.1 Å². The van der Waals surface area contributed by atoms with Crippen LogP contribution in [0.2, 0.25) is 0 Å². The number of aromatic nitrogens is 1. The standard InChI is InChI=1S/C26H31N3O4/c1-17-7-6-8-23(18(17)2)28-11-13-29(14-12-28)26(30)21-9-10-24(25(15-21)31-5)32-16-22-19(3)27-33-20(22)4/h6-10,15H,11-14,16H2,1-5H3. The first-order valence-corrected chi connectivity index (χ1v) is 11.2. The molecule has 0 aliphatic carbocycles. The van der Waals surface area contributed by atoms with Crippen LogP contribution in [-0.2, 0) is 6.61 Å². The zero-order valence-electron chi connectivity index (χ0n) is 20.0. The fraction of sp³-hybridized carbons (Fsp3) is 0.385. The molecule has 1 saturated heterocycles. The fourth-order valence-corrected chi connectivity index (χ4v) is 4.19. The number of amides is 1. The van der Waals surface area contributed by atoms with Crippen LogP contribution >= 0.6 is 0 Å². The number of methoxy groups -OCH3 is 1. The van der Waals surface area contributed by atoms with Crippen molar-refractivity contribution in [3.63, 3.8) is 0 Å². The molecule has 7 heteroatoms. The van der Waals surface area contributed by atoms with E-state index < -0.39 is 0 Å². The molecule has 2 heterocycles. The maximum atomic E-state index is 13.2. The van der Waals surface area contributed by atoms with Crippen LogP contribution in [0.5, 0.6) is 11.5 Å². The molecule has 0 bridgehead atoms. The number of carbonyl (C=O) groups excluding carboxylic acids is 1. The Balaban J connectivity index is 1.42. The summed E-state index contributed by atoms with van der Waals surface area (Å²) in [5, 5.41) is 3.95. The van der Waals surface area contributed by atoms with Crippen LogP contribution < -0.4 is 14.4 Å². The van der Waals surface area contributed by atoms with Gasteiger partial charge in [-0.1, -0.05) is 17.3 Å². The highest BCUT2D eigenvalue weighted by molar-refractivity contribution is 5.95. The van der Waals surface area contributed by atoms with Gasteiger partial charge in [-0.3, -0.25) is 4.79 Å². The Bertz CT molecular complexity index is 1130. The maximum absolute atomic E-state index is 13.2. The number of aryl methyl sites for hydroxylation is 3. The average molecular weight is 450 g/mol. The van der Waals surface area contributed by atoms with Gasteiger partial charge in [-0.25, -0.2) is 0 Å². The Labute approximate surface area is 194 Å². The van der Waals surface area contributed by atoms with Gasteiger partial charge in [0.1, 0.15) is 12.4 Å². The molecule has 0 atom stereocenters. The molecule has 1 aliphatic rings. The van der Waals surface area contributed by atoms with E-state index in [1.807, 2.05) is 18.7 Å². The third kappa shape index (κ3) is 4.67. The second-order valence-electron chi connectivity index (χ2n) is 8.46. The quantitative estimate of drug-likeness (QED) is 0.554. The molecule has 4 rings (SSSR count). The predicted molar refractivity (Wildman–Crippen MR) is 127 cm³/mol. The lowest BCUT2D eigenvalue weighted by Gasteiger charge is -2.37. The van der Waals surface area contributed by atoms with E-state index in [0.717, 1.165) is 30.1 Å². The molecule has 1 aromatic heterocycles. The number of anilines is 1. The second-order valence-corrected chi connectivity index (χ2v) is 8.46. The Hall–Kier alpha value is -3.48. The monoisotopic (exact) mass is 449 g/mol. The number of piperazine rings is 1. The highest BCUT2D eigenvalue weighted by Crippen LogP contribution is 2.30. The lowest BCUT2D eigenvalue weighted by molar-refractivity contribution is 0.0746. The minimum atomic E-state index is 0.00573. The van der Waals surface area contributed by atoms with Crippen LogP contribution in [-0.4, -0.2) is 49.3 Å². The molecule has 0 spiro atoms. The number of benzene rings is 2. The molecule has 1 amide bonds. The van der Waals surface area contributed by atoms with Gasteiger partial charge in [-0.15, -0.1) is 0 Å². The number of hydrogen-bond donors (Lipinski definition) is 0. The number of rotatable bonds is 6. The third-order valence-corrected chi connectivity index (χ3v) is 6.45. The second kappa shape index (κ2) is 9.57. The molecule has 174 valence electrons. The minimum Gasteiger partial charge on any atom is -0.493 e. The van der Waals surface area contributed by atoms with E-state index in [9.17, 15) is 4.79 Å². The molecule has 33 heavy (non-hydrogen) atoms. The van der Waals surface area contributed by atoms with Crippen molar-refractivity contribution in [2.24, 2.45) is 0 Å². The van der Waals surface area contributed by atoms with Gasteiger partial charge in [0.25, 0.3) is 5.91 Å². The largest absolute Gasteiger partial charge is 0.493 e. The van der Waals surface area contributed by atoms with Crippen LogP contribution in [0.4, 0.5) is 5.69 Å². The number of hydrogen-bond acceptors (Lipinski definition) is 6. The van der Waals surface area contributed by atoms with E-state index in [0.29, 0.717) is 36.8 Å². The van der Waals surface area contributed by atoms with Crippen molar-refractivity contribution in [2.45, 2.75) is 34.3 Å². The van der Waals surface area contributed by atoms with Gasteiger partial charge in [0, 0.05) is 37.4 Å². The summed E-state index contributed by atoms with van der Waals surface area (Å²) in [5.41, 5.74) is 6.15. The molecule has 0 N–H and O–H groups in total. The van der Waals surface area contributed by atoms with Crippen LogP contribution in [0.25, 0.3) is 0 Å². The topological polar surface area (TPSA) is 68.0 Å². The van der Waals surface area contributed by atoms with E-state index in [1.165, 1.54) is 16.8 Å². The van der Waals surface area contributed by atoms with Gasteiger partial charge in [0.2, 0.25) is 0 Å². The Morgan fingerprint density at radius 3 is 2.45 bits per heavy atom. The first-order valence-electron chi connectivity index (χ1n) is 11.2. The molecule has 3 aromatic rings. The molecular formula is C26H31N3O4. The molecular weight excluding hydrogens is 418 g/mol.